The van der Waals surface area contributed by atoms with Crippen LogP contribution in [-0.4, -0.2) is 35.1 Å². The summed E-state index contributed by atoms with van der Waals surface area (Å²) < 4.78 is 50.0. The highest BCUT2D eigenvalue weighted by molar-refractivity contribution is 6.39. The molecule has 0 amide bonds. The lowest BCUT2D eigenvalue weighted by Crippen LogP contribution is -2.15. The lowest BCUT2D eigenvalue weighted by atomic mass is 10.1. The standard InChI is InChI=1S/C23H20F3NO5/c1-3-32-22(30)21(29)11-20(28)18-13-27(19-9-8-16(31-2)10-17(18)19)12-14-4-6-15(7-5-14)23(24,25)26/h4-11,13,28H,3,12H2,1-2H3/b20-11-. The van der Waals surface area contributed by atoms with Gasteiger partial charge in [-0.15, -0.1) is 0 Å². The SMILES string of the molecule is CCOC(=O)C(=O)/C=C(\O)c1cn(Cc2ccc(C(F)(F)F)cc2)c2ccc(OC)cc12. The molecule has 9 heteroatoms. The van der Waals surface area contributed by atoms with Crippen molar-refractivity contribution in [2.24, 2.45) is 0 Å². The summed E-state index contributed by atoms with van der Waals surface area (Å²) in [5, 5.41) is 11.1. The first-order chi connectivity index (χ1) is 15.1. The van der Waals surface area contributed by atoms with Gasteiger partial charge in [-0.05, 0) is 42.8 Å². The summed E-state index contributed by atoms with van der Waals surface area (Å²) in [6.07, 6.45) is -2.11. The van der Waals surface area contributed by atoms with E-state index in [-0.39, 0.29) is 18.7 Å². The number of ether oxygens (including phenoxy) is 2. The van der Waals surface area contributed by atoms with Gasteiger partial charge in [0.1, 0.15) is 11.5 Å². The minimum absolute atomic E-state index is 0.0167. The topological polar surface area (TPSA) is 77.8 Å². The molecule has 3 rings (SSSR count). The van der Waals surface area contributed by atoms with E-state index in [0.717, 1.165) is 18.2 Å². The van der Waals surface area contributed by atoms with Gasteiger partial charge in [-0.25, -0.2) is 4.79 Å². The fourth-order valence-corrected chi connectivity index (χ4v) is 3.20. The van der Waals surface area contributed by atoms with Crippen LogP contribution in [-0.2, 0) is 27.0 Å². The number of carbonyl (C=O) groups excluding carboxylic acids is 2. The maximum absolute atomic E-state index is 12.8. The van der Waals surface area contributed by atoms with E-state index in [1.807, 2.05) is 0 Å². The van der Waals surface area contributed by atoms with Crippen LogP contribution in [0.1, 0.15) is 23.6 Å². The number of nitrogens with zero attached hydrogens (tertiary/aromatic N) is 1. The van der Waals surface area contributed by atoms with E-state index in [1.165, 1.54) is 19.2 Å². The Labute approximate surface area is 181 Å². The molecule has 0 saturated heterocycles. The Morgan fingerprint density at radius 3 is 2.41 bits per heavy atom. The molecule has 0 saturated carbocycles. The first kappa shape index (κ1) is 22.9. The highest BCUT2D eigenvalue weighted by Crippen LogP contribution is 2.32. The van der Waals surface area contributed by atoms with E-state index in [2.05, 4.69) is 4.74 Å². The zero-order valence-corrected chi connectivity index (χ0v) is 17.3. The number of methoxy groups -OCH3 is 1. The Balaban J connectivity index is 2.01. The number of rotatable bonds is 7. The van der Waals surface area contributed by atoms with Crippen molar-refractivity contribution in [2.45, 2.75) is 19.6 Å². The summed E-state index contributed by atoms with van der Waals surface area (Å²) in [5.74, 6) is -2.07. The van der Waals surface area contributed by atoms with Crippen molar-refractivity contribution >= 4 is 28.4 Å². The molecule has 0 bridgehead atoms. The lowest BCUT2D eigenvalue weighted by Gasteiger charge is -2.09. The quantitative estimate of drug-likeness (QED) is 0.245. The Bertz CT molecular complexity index is 1180. The molecule has 0 radical (unpaired) electrons. The predicted molar refractivity (Wildman–Crippen MR) is 111 cm³/mol. The molecule has 1 aromatic heterocycles. The fourth-order valence-electron chi connectivity index (χ4n) is 3.20. The second-order valence-corrected chi connectivity index (χ2v) is 6.86. The maximum atomic E-state index is 12.8. The van der Waals surface area contributed by atoms with E-state index >= 15 is 0 Å². The minimum atomic E-state index is -4.43. The number of ketones is 1. The van der Waals surface area contributed by atoms with Crippen molar-refractivity contribution in [3.63, 3.8) is 0 Å². The third-order valence-electron chi connectivity index (χ3n) is 4.74. The van der Waals surface area contributed by atoms with Crippen LogP contribution in [0.2, 0.25) is 0 Å². The molecule has 2 aromatic carbocycles. The summed E-state index contributed by atoms with van der Waals surface area (Å²) in [6, 6.07) is 9.81. The van der Waals surface area contributed by atoms with Crippen molar-refractivity contribution in [3.8, 4) is 5.75 Å². The van der Waals surface area contributed by atoms with Crippen molar-refractivity contribution in [1.82, 2.24) is 4.57 Å². The molecule has 0 atom stereocenters. The van der Waals surface area contributed by atoms with Gasteiger partial charge in [0, 0.05) is 35.3 Å². The van der Waals surface area contributed by atoms with Crippen molar-refractivity contribution in [2.75, 3.05) is 13.7 Å². The number of aliphatic hydroxyl groups excluding tert-OH is 1. The number of alkyl halides is 3. The van der Waals surface area contributed by atoms with Gasteiger partial charge in [0.2, 0.25) is 0 Å². The molecule has 6 nitrogen and oxygen atoms in total. The average Bonchev–Trinajstić information content (AvgIpc) is 3.11. The maximum Gasteiger partial charge on any atom is 0.416 e. The molecule has 0 aliphatic carbocycles. The number of aromatic nitrogens is 1. The summed E-state index contributed by atoms with van der Waals surface area (Å²) in [6.45, 7) is 1.78. The van der Waals surface area contributed by atoms with E-state index in [0.29, 0.717) is 22.2 Å². The summed E-state index contributed by atoms with van der Waals surface area (Å²) in [4.78, 5) is 23.5. The van der Waals surface area contributed by atoms with Gasteiger partial charge in [0.25, 0.3) is 5.78 Å². The van der Waals surface area contributed by atoms with Gasteiger partial charge in [0.15, 0.2) is 0 Å². The van der Waals surface area contributed by atoms with Gasteiger partial charge in [-0.2, -0.15) is 13.2 Å². The van der Waals surface area contributed by atoms with Crippen LogP contribution >= 0.6 is 0 Å². The molecule has 0 spiro atoms. The zero-order valence-electron chi connectivity index (χ0n) is 17.3. The number of benzene rings is 2. The van der Waals surface area contributed by atoms with E-state index in [9.17, 15) is 27.9 Å². The number of hydrogen-bond acceptors (Lipinski definition) is 5. The Kier molecular flexibility index (Phi) is 6.57. The molecule has 32 heavy (non-hydrogen) atoms. The normalized spacial score (nSPS) is 12.1. The molecule has 3 aromatic rings. The minimum Gasteiger partial charge on any atom is -0.507 e. The van der Waals surface area contributed by atoms with Crippen LogP contribution in [0.15, 0.2) is 54.7 Å². The first-order valence-corrected chi connectivity index (χ1v) is 9.59. The number of esters is 1. The third-order valence-corrected chi connectivity index (χ3v) is 4.74. The number of hydrogen-bond donors (Lipinski definition) is 1. The molecule has 0 fully saturated rings. The molecular weight excluding hydrogens is 427 g/mol. The fraction of sp³-hybridized carbons (Fsp3) is 0.217. The molecular formula is C23H20F3NO5. The van der Waals surface area contributed by atoms with Crippen LogP contribution in [0.5, 0.6) is 5.75 Å². The summed E-state index contributed by atoms with van der Waals surface area (Å²) >= 11 is 0. The average molecular weight is 447 g/mol. The van der Waals surface area contributed by atoms with Crippen LogP contribution in [0.3, 0.4) is 0 Å². The number of carbonyl (C=O) groups is 2. The monoisotopic (exact) mass is 447 g/mol. The molecule has 0 aliphatic rings. The number of aliphatic hydroxyl groups is 1. The van der Waals surface area contributed by atoms with Gasteiger partial charge < -0.3 is 19.1 Å². The van der Waals surface area contributed by atoms with Crippen LogP contribution in [0, 0.1) is 0 Å². The van der Waals surface area contributed by atoms with Gasteiger partial charge in [-0.3, -0.25) is 4.79 Å². The number of fused-ring (bicyclic) bond motifs is 1. The van der Waals surface area contributed by atoms with Crippen molar-refractivity contribution in [1.29, 1.82) is 0 Å². The van der Waals surface area contributed by atoms with E-state index < -0.39 is 29.3 Å². The van der Waals surface area contributed by atoms with Crippen molar-refractivity contribution < 1.29 is 37.3 Å². The Morgan fingerprint density at radius 2 is 1.81 bits per heavy atom. The highest BCUT2D eigenvalue weighted by atomic mass is 19.4. The molecule has 0 unspecified atom stereocenters. The van der Waals surface area contributed by atoms with Crippen LogP contribution in [0.25, 0.3) is 16.7 Å². The largest absolute Gasteiger partial charge is 0.507 e. The molecule has 168 valence electrons. The van der Waals surface area contributed by atoms with Gasteiger partial charge in [-0.1, -0.05) is 12.1 Å². The second-order valence-electron chi connectivity index (χ2n) is 6.86. The molecule has 0 aliphatic heterocycles. The smallest absolute Gasteiger partial charge is 0.416 e. The van der Waals surface area contributed by atoms with Crippen LogP contribution < -0.4 is 4.74 Å². The highest BCUT2D eigenvalue weighted by Gasteiger charge is 2.30. The predicted octanol–water partition coefficient (Wildman–Crippen LogP) is 4.75. The van der Waals surface area contributed by atoms with E-state index in [1.54, 1.807) is 35.9 Å². The number of halogens is 3. The Morgan fingerprint density at radius 1 is 1.12 bits per heavy atom. The van der Waals surface area contributed by atoms with Gasteiger partial charge >= 0.3 is 12.1 Å². The Hall–Kier alpha value is -3.75. The summed E-state index contributed by atoms with van der Waals surface area (Å²) in [5.41, 5.74) is 0.748. The van der Waals surface area contributed by atoms with Crippen molar-refractivity contribution in [3.05, 3.63) is 71.4 Å². The van der Waals surface area contributed by atoms with Crippen LogP contribution in [0.4, 0.5) is 13.2 Å². The second kappa shape index (κ2) is 9.17. The lowest BCUT2D eigenvalue weighted by molar-refractivity contribution is -0.151. The van der Waals surface area contributed by atoms with E-state index in [4.69, 9.17) is 4.74 Å². The molecule has 1 N–H and O–H groups in total. The van der Waals surface area contributed by atoms with Gasteiger partial charge in [0.05, 0.1) is 19.3 Å². The molecule has 1 heterocycles. The first-order valence-electron chi connectivity index (χ1n) is 9.59. The third kappa shape index (κ3) is 4.93. The zero-order chi connectivity index (χ0) is 23.5. The summed E-state index contributed by atoms with van der Waals surface area (Å²) in [7, 11) is 1.47.